The zero-order valence-electron chi connectivity index (χ0n) is 5.78. The Morgan fingerprint density at radius 3 is 3.10 bits per heavy atom. The van der Waals surface area contributed by atoms with Crippen molar-refractivity contribution in [3.63, 3.8) is 0 Å². The minimum Gasteiger partial charge on any atom is -0.373 e. The van der Waals surface area contributed by atoms with E-state index in [2.05, 4.69) is 4.98 Å². The van der Waals surface area contributed by atoms with Crippen LogP contribution in [0.2, 0.25) is 0 Å². The van der Waals surface area contributed by atoms with Crippen LogP contribution < -0.4 is 5.73 Å². The largest absolute Gasteiger partial charge is 0.373 e. The van der Waals surface area contributed by atoms with E-state index in [4.69, 9.17) is 10.5 Å². The number of thiazole rings is 1. The van der Waals surface area contributed by atoms with Gasteiger partial charge >= 0.3 is 0 Å². The van der Waals surface area contributed by atoms with Gasteiger partial charge in [0.05, 0.1) is 0 Å². The fourth-order valence-electron chi connectivity index (χ4n) is 0.691. The van der Waals surface area contributed by atoms with E-state index >= 15 is 0 Å². The SMILES string of the molecule is COC(CN)c1nccs1. The fourth-order valence-corrected chi connectivity index (χ4v) is 1.42. The van der Waals surface area contributed by atoms with Crippen molar-refractivity contribution in [1.82, 2.24) is 4.98 Å². The van der Waals surface area contributed by atoms with E-state index in [1.165, 1.54) is 0 Å². The van der Waals surface area contributed by atoms with E-state index in [-0.39, 0.29) is 6.10 Å². The molecule has 0 aromatic carbocycles. The predicted octanol–water partition coefficient (Wildman–Crippen LogP) is 0.789. The molecule has 4 heteroatoms. The normalized spacial score (nSPS) is 13.4. The van der Waals surface area contributed by atoms with E-state index in [0.29, 0.717) is 6.54 Å². The fraction of sp³-hybridized carbons (Fsp3) is 0.500. The summed E-state index contributed by atoms with van der Waals surface area (Å²) in [6, 6.07) is 0. The summed E-state index contributed by atoms with van der Waals surface area (Å²) in [5, 5.41) is 2.86. The van der Waals surface area contributed by atoms with Crippen molar-refractivity contribution < 1.29 is 4.74 Å². The third-order valence-electron chi connectivity index (χ3n) is 1.23. The van der Waals surface area contributed by atoms with Crippen molar-refractivity contribution in [3.8, 4) is 0 Å². The van der Waals surface area contributed by atoms with Gasteiger partial charge in [0, 0.05) is 25.2 Å². The molecule has 0 amide bonds. The number of aromatic nitrogens is 1. The summed E-state index contributed by atoms with van der Waals surface area (Å²) < 4.78 is 5.07. The van der Waals surface area contributed by atoms with Gasteiger partial charge < -0.3 is 10.5 Å². The third kappa shape index (κ3) is 1.53. The average molecular weight is 158 g/mol. The number of rotatable bonds is 3. The Kier molecular flexibility index (Phi) is 2.80. The second kappa shape index (κ2) is 3.65. The van der Waals surface area contributed by atoms with Crippen LogP contribution in [0.3, 0.4) is 0 Å². The first-order valence-corrected chi connectivity index (χ1v) is 3.88. The molecule has 0 spiro atoms. The molecule has 10 heavy (non-hydrogen) atoms. The number of nitrogens with two attached hydrogens (primary N) is 1. The van der Waals surface area contributed by atoms with Crippen molar-refractivity contribution in [1.29, 1.82) is 0 Å². The second-order valence-corrected chi connectivity index (χ2v) is 2.76. The summed E-state index contributed by atoms with van der Waals surface area (Å²) in [5.41, 5.74) is 5.42. The Morgan fingerprint density at radius 1 is 1.90 bits per heavy atom. The molecular formula is C6H10N2OS. The van der Waals surface area contributed by atoms with Crippen molar-refractivity contribution in [2.75, 3.05) is 13.7 Å². The van der Waals surface area contributed by atoms with Crippen molar-refractivity contribution in [2.45, 2.75) is 6.10 Å². The summed E-state index contributed by atoms with van der Waals surface area (Å²) in [6.45, 7) is 0.490. The summed E-state index contributed by atoms with van der Waals surface area (Å²) in [4.78, 5) is 4.07. The Bertz CT molecular complexity index is 172. The maximum Gasteiger partial charge on any atom is 0.123 e. The molecule has 3 nitrogen and oxygen atoms in total. The monoisotopic (exact) mass is 158 g/mol. The molecule has 1 atom stereocenters. The van der Waals surface area contributed by atoms with Crippen molar-refractivity contribution in [3.05, 3.63) is 16.6 Å². The van der Waals surface area contributed by atoms with Crippen LogP contribution in [-0.4, -0.2) is 18.6 Å². The molecule has 0 fully saturated rings. The van der Waals surface area contributed by atoms with E-state index in [1.54, 1.807) is 24.6 Å². The maximum atomic E-state index is 5.42. The highest BCUT2D eigenvalue weighted by Gasteiger charge is 2.09. The zero-order chi connectivity index (χ0) is 7.40. The van der Waals surface area contributed by atoms with Gasteiger partial charge in [-0.05, 0) is 0 Å². The van der Waals surface area contributed by atoms with Gasteiger partial charge in [0.2, 0.25) is 0 Å². The van der Waals surface area contributed by atoms with Crippen molar-refractivity contribution >= 4 is 11.3 Å². The van der Waals surface area contributed by atoms with Gasteiger partial charge in [-0.1, -0.05) is 0 Å². The number of hydrogen-bond acceptors (Lipinski definition) is 4. The van der Waals surface area contributed by atoms with Crippen LogP contribution in [0, 0.1) is 0 Å². The molecule has 1 rings (SSSR count). The predicted molar refractivity (Wildman–Crippen MR) is 40.9 cm³/mol. The van der Waals surface area contributed by atoms with Crippen LogP contribution >= 0.6 is 11.3 Å². The van der Waals surface area contributed by atoms with Crippen LogP contribution in [-0.2, 0) is 4.74 Å². The molecule has 0 radical (unpaired) electrons. The number of nitrogens with zero attached hydrogens (tertiary/aromatic N) is 1. The maximum absolute atomic E-state index is 5.42. The number of methoxy groups -OCH3 is 1. The highest BCUT2D eigenvalue weighted by atomic mass is 32.1. The van der Waals surface area contributed by atoms with Gasteiger partial charge in [-0.25, -0.2) is 4.98 Å². The van der Waals surface area contributed by atoms with Gasteiger partial charge in [-0.15, -0.1) is 11.3 Å². The standard InChI is InChI=1S/C6H10N2OS/c1-9-5(4-7)6-8-2-3-10-6/h2-3,5H,4,7H2,1H3. The molecule has 0 aliphatic heterocycles. The summed E-state index contributed by atoms with van der Waals surface area (Å²) in [7, 11) is 1.64. The Balaban J connectivity index is 2.64. The van der Waals surface area contributed by atoms with Crippen LogP contribution in [0.4, 0.5) is 0 Å². The quantitative estimate of drug-likeness (QED) is 0.707. The summed E-state index contributed by atoms with van der Waals surface area (Å²) in [6.07, 6.45) is 1.72. The highest BCUT2D eigenvalue weighted by molar-refractivity contribution is 7.09. The van der Waals surface area contributed by atoms with Gasteiger partial charge in [0.15, 0.2) is 0 Å². The molecule has 1 heterocycles. The van der Waals surface area contributed by atoms with Gasteiger partial charge in [0.25, 0.3) is 0 Å². The number of hydrogen-bond donors (Lipinski definition) is 1. The smallest absolute Gasteiger partial charge is 0.123 e. The van der Waals surface area contributed by atoms with Gasteiger partial charge in [-0.3, -0.25) is 0 Å². The summed E-state index contributed by atoms with van der Waals surface area (Å²) >= 11 is 1.56. The molecule has 1 aromatic heterocycles. The lowest BCUT2D eigenvalue weighted by molar-refractivity contribution is 0.110. The van der Waals surface area contributed by atoms with Gasteiger partial charge in [0.1, 0.15) is 11.1 Å². The first kappa shape index (κ1) is 7.65. The number of ether oxygens (including phenoxy) is 1. The van der Waals surface area contributed by atoms with Gasteiger partial charge in [-0.2, -0.15) is 0 Å². The molecule has 0 aliphatic carbocycles. The first-order chi connectivity index (χ1) is 4.88. The Labute approximate surface area is 63.8 Å². The topological polar surface area (TPSA) is 48.1 Å². The first-order valence-electron chi connectivity index (χ1n) is 3.00. The lowest BCUT2D eigenvalue weighted by Crippen LogP contribution is -2.13. The third-order valence-corrected chi connectivity index (χ3v) is 2.09. The minimum atomic E-state index is -0.0278. The molecule has 1 aromatic rings. The molecule has 0 saturated carbocycles. The Hall–Kier alpha value is -0.450. The lowest BCUT2D eigenvalue weighted by Gasteiger charge is -2.07. The van der Waals surface area contributed by atoms with E-state index in [1.807, 2.05) is 5.38 Å². The molecule has 56 valence electrons. The van der Waals surface area contributed by atoms with Crippen LogP contribution in [0.5, 0.6) is 0 Å². The second-order valence-electron chi connectivity index (χ2n) is 1.83. The molecule has 0 bridgehead atoms. The zero-order valence-corrected chi connectivity index (χ0v) is 6.60. The molecule has 0 saturated heterocycles. The molecular weight excluding hydrogens is 148 g/mol. The van der Waals surface area contributed by atoms with E-state index in [9.17, 15) is 0 Å². The highest BCUT2D eigenvalue weighted by Crippen LogP contribution is 2.16. The minimum absolute atomic E-state index is 0.0278. The van der Waals surface area contributed by atoms with Crippen LogP contribution in [0.1, 0.15) is 11.1 Å². The van der Waals surface area contributed by atoms with E-state index in [0.717, 1.165) is 5.01 Å². The van der Waals surface area contributed by atoms with Crippen LogP contribution in [0.15, 0.2) is 11.6 Å². The average Bonchev–Trinajstić information content (AvgIpc) is 2.43. The molecule has 2 N–H and O–H groups in total. The molecule has 0 aliphatic rings. The lowest BCUT2D eigenvalue weighted by atomic mass is 10.4. The van der Waals surface area contributed by atoms with Crippen LogP contribution in [0.25, 0.3) is 0 Å². The Morgan fingerprint density at radius 2 is 2.70 bits per heavy atom. The van der Waals surface area contributed by atoms with E-state index < -0.39 is 0 Å². The van der Waals surface area contributed by atoms with Crippen molar-refractivity contribution in [2.24, 2.45) is 5.73 Å². The molecule has 1 unspecified atom stereocenters. The summed E-state index contributed by atoms with van der Waals surface area (Å²) in [5.74, 6) is 0.